The summed E-state index contributed by atoms with van der Waals surface area (Å²) in [6, 6.07) is 14.8. The van der Waals surface area contributed by atoms with Gasteiger partial charge in [0, 0.05) is 36.1 Å². The van der Waals surface area contributed by atoms with E-state index in [1.165, 1.54) is 11.1 Å². The zero-order chi connectivity index (χ0) is 25.0. The maximum atomic E-state index is 12.9. The van der Waals surface area contributed by atoms with Gasteiger partial charge in [0.25, 0.3) is 0 Å². The second-order valence-corrected chi connectivity index (χ2v) is 9.17. The Kier molecular flexibility index (Phi) is 7.32. The van der Waals surface area contributed by atoms with Gasteiger partial charge in [-0.3, -0.25) is 9.88 Å². The summed E-state index contributed by atoms with van der Waals surface area (Å²) < 4.78 is 5.57. The Bertz CT molecular complexity index is 1200. The zero-order valence-electron chi connectivity index (χ0n) is 20.5. The predicted octanol–water partition coefficient (Wildman–Crippen LogP) is 5.58. The van der Waals surface area contributed by atoms with Gasteiger partial charge in [-0.15, -0.1) is 0 Å². The first kappa shape index (κ1) is 24.9. The summed E-state index contributed by atoms with van der Waals surface area (Å²) in [5, 5.41) is 11.4. The van der Waals surface area contributed by atoms with Crippen LogP contribution in [0.5, 0.6) is 0 Å². The molecule has 0 aliphatic carbocycles. The van der Waals surface area contributed by atoms with Crippen molar-refractivity contribution in [3.05, 3.63) is 65.5 Å². The SMILES string of the molecule is Cc1cccc(Nc2cc(-c3cccc(C(C)N)n3)cc(N(C)C(=O)OC(C)(C)C)c2C=N)n1. The van der Waals surface area contributed by atoms with E-state index in [-0.39, 0.29) is 6.04 Å². The minimum Gasteiger partial charge on any atom is -0.443 e. The minimum absolute atomic E-state index is 0.223. The van der Waals surface area contributed by atoms with E-state index in [4.69, 9.17) is 20.9 Å². The number of carbonyl (C=O) groups excluding carboxylic acids is 1. The topological polar surface area (TPSA) is 117 Å². The molecule has 0 spiro atoms. The summed E-state index contributed by atoms with van der Waals surface area (Å²) in [7, 11) is 1.63. The van der Waals surface area contributed by atoms with Crippen LogP contribution in [0.1, 0.15) is 50.7 Å². The molecule has 3 aromatic rings. The molecule has 2 aromatic heterocycles. The maximum absolute atomic E-state index is 12.9. The van der Waals surface area contributed by atoms with Crippen molar-refractivity contribution in [3.8, 4) is 11.3 Å². The van der Waals surface area contributed by atoms with Crippen molar-refractivity contribution in [3.63, 3.8) is 0 Å². The van der Waals surface area contributed by atoms with Crippen LogP contribution >= 0.6 is 0 Å². The van der Waals surface area contributed by atoms with E-state index in [2.05, 4.69) is 10.3 Å². The monoisotopic (exact) mass is 460 g/mol. The van der Waals surface area contributed by atoms with E-state index in [1.54, 1.807) is 7.05 Å². The molecule has 1 amide bonds. The number of ether oxygens (including phenoxy) is 1. The maximum Gasteiger partial charge on any atom is 0.414 e. The average molecular weight is 461 g/mol. The van der Waals surface area contributed by atoms with Crippen LogP contribution in [0.4, 0.5) is 22.0 Å². The van der Waals surface area contributed by atoms with Crippen LogP contribution in [-0.2, 0) is 4.74 Å². The van der Waals surface area contributed by atoms with E-state index in [0.29, 0.717) is 28.5 Å². The molecule has 4 N–H and O–H groups in total. The van der Waals surface area contributed by atoms with Gasteiger partial charge < -0.3 is 21.2 Å². The first-order valence-electron chi connectivity index (χ1n) is 11.1. The third kappa shape index (κ3) is 5.96. The summed E-state index contributed by atoms with van der Waals surface area (Å²) >= 11 is 0. The van der Waals surface area contributed by atoms with Gasteiger partial charge in [0.05, 0.1) is 22.8 Å². The molecule has 0 saturated carbocycles. The molecular formula is C26H32N6O2. The third-order valence-corrected chi connectivity index (χ3v) is 5.02. The fraction of sp³-hybridized carbons (Fsp3) is 0.308. The first-order chi connectivity index (χ1) is 16.0. The van der Waals surface area contributed by atoms with Crippen LogP contribution in [-0.4, -0.2) is 34.9 Å². The van der Waals surface area contributed by atoms with Crippen molar-refractivity contribution in [2.24, 2.45) is 5.73 Å². The molecule has 1 atom stereocenters. The lowest BCUT2D eigenvalue weighted by Crippen LogP contribution is -2.34. The van der Waals surface area contributed by atoms with Crippen molar-refractivity contribution < 1.29 is 9.53 Å². The number of nitrogens with one attached hydrogen (secondary N) is 2. The highest BCUT2D eigenvalue weighted by Gasteiger charge is 2.24. The Balaban J connectivity index is 2.18. The zero-order valence-corrected chi connectivity index (χ0v) is 20.5. The second kappa shape index (κ2) is 10.0. The van der Waals surface area contributed by atoms with Crippen LogP contribution in [0.3, 0.4) is 0 Å². The first-order valence-corrected chi connectivity index (χ1v) is 11.1. The second-order valence-electron chi connectivity index (χ2n) is 9.17. The van der Waals surface area contributed by atoms with Crippen LogP contribution in [0.15, 0.2) is 48.5 Å². The number of nitrogens with zero attached hydrogens (tertiary/aromatic N) is 3. The van der Waals surface area contributed by atoms with Crippen LogP contribution in [0.2, 0.25) is 0 Å². The smallest absolute Gasteiger partial charge is 0.414 e. The molecule has 1 unspecified atom stereocenters. The summed E-state index contributed by atoms with van der Waals surface area (Å²) in [5.74, 6) is 0.628. The molecule has 0 fully saturated rings. The molecular weight excluding hydrogens is 428 g/mol. The Hall–Kier alpha value is -3.78. The molecule has 178 valence electrons. The van der Waals surface area contributed by atoms with Crippen molar-refractivity contribution in [1.29, 1.82) is 5.41 Å². The predicted molar refractivity (Wildman–Crippen MR) is 137 cm³/mol. The van der Waals surface area contributed by atoms with E-state index in [0.717, 1.165) is 17.0 Å². The third-order valence-electron chi connectivity index (χ3n) is 5.02. The number of rotatable bonds is 6. The summed E-state index contributed by atoms with van der Waals surface area (Å²) in [6.45, 7) is 9.22. The summed E-state index contributed by atoms with van der Waals surface area (Å²) in [4.78, 5) is 23.5. The highest BCUT2D eigenvalue weighted by atomic mass is 16.6. The molecule has 0 saturated heterocycles. The average Bonchev–Trinajstić information content (AvgIpc) is 2.77. The van der Waals surface area contributed by atoms with Gasteiger partial charge in [0.15, 0.2) is 0 Å². The van der Waals surface area contributed by atoms with Crippen molar-refractivity contribution in [1.82, 2.24) is 9.97 Å². The lowest BCUT2D eigenvalue weighted by Gasteiger charge is -2.27. The van der Waals surface area contributed by atoms with Gasteiger partial charge in [0.1, 0.15) is 11.4 Å². The van der Waals surface area contributed by atoms with E-state index in [9.17, 15) is 4.79 Å². The lowest BCUT2D eigenvalue weighted by molar-refractivity contribution is 0.0589. The summed E-state index contributed by atoms with van der Waals surface area (Å²) in [6.07, 6.45) is 0.689. The van der Waals surface area contributed by atoms with Crippen LogP contribution in [0.25, 0.3) is 11.3 Å². The van der Waals surface area contributed by atoms with Crippen LogP contribution in [0, 0.1) is 12.3 Å². The Morgan fingerprint density at radius 2 is 1.88 bits per heavy atom. The fourth-order valence-corrected chi connectivity index (χ4v) is 3.36. The summed E-state index contributed by atoms with van der Waals surface area (Å²) in [5.41, 5.74) is 10.1. The number of pyridine rings is 2. The molecule has 8 nitrogen and oxygen atoms in total. The number of benzene rings is 1. The number of aromatic nitrogens is 2. The molecule has 0 radical (unpaired) electrons. The molecule has 3 rings (SSSR count). The van der Waals surface area contributed by atoms with Gasteiger partial charge in [0.2, 0.25) is 0 Å². The van der Waals surface area contributed by atoms with Gasteiger partial charge in [-0.2, -0.15) is 0 Å². The molecule has 0 aliphatic heterocycles. The molecule has 0 aliphatic rings. The lowest BCUT2D eigenvalue weighted by atomic mass is 10.0. The molecule has 2 heterocycles. The van der Waals surface area contributed by atoms with Gasteiger partial charge in [-0.25, -0.2) is 9.78 Å². The van der Waals surface area contributed by atoms with Crippen LogP contribution < -0.4 is 16.0 Å². The minimum atomic E-state index is -0.659. The normalized spacial score (nSPS) is 12.1. The Labute approximate surface area is 200 Å². The van der Waals surface area contributed by atoms with E-state index in [1.807, 2.05) is 83.1 Å². The van der Waals surface area contributed by atoms with E-state index >= 15 is 0 Å². The molecule has 1 aromatic carbocycles. The Morgan fingerprint density at radius 1 is 1.18 bits per heavy atom. The van der Waals surface area contributed by atoms with E-state index < -0.39 is 11.7 Å². The number of nitrogens with two attached hydrogens (primary N) is 1. The number of aryl methyl sites for hydroxylation is 1. The van der Waals surface area contributed by atoms with Gasteiger partial charge in [-0.05, 0) is 71.0 Å². The Morgan fingerprint density at radius 3 is 2.50 bits per heavy atom. The molecule has 8 heteroatoms. The number of hydrogen-bond acceptors (Lipinski definition) is 7. The van der Waals surface area contributed by atoms with Gasteiger partial charge >= 0.3 is 6.09 Å². The molecule has 34 heavy (non-hydrogen) atoms. The van der Waals surface area contributed by atoms with Crippen molar-refractivity contribution in [2.45, 2.75) is 46.3 Å². The largest absolute Gasteiger partial charge is 0.443 e. The van der Waals surface area contributed by atoms with Crippen molar-refractivity contribution >= 4 is 29.5 Å². The van der Waals surface area contributed by atoms with Gasteiger partial charge in [-0.1, -0.05) is 12.1 Å². The quantitative estimate of drug-likeness (QED) is 0.413. The molecule has 0 bridgehead atoms. The number of carbonyl (C=O) groups is 1. The number of hydrogen-bond donors (Lipinski definition) is 3. The highest BCUT2D eigenvalue weighted by Crippen LogP contribution is 2.34. The number of anilines is 3. The standard InChI is InChI=1S/C26H32N6O2/c1-16-9-7-12-24(29-16)31-22-13-18(21-11-8-10-20(30-21)17(2)28)14-23(19(22)15-27)32(6)25(33)34-26(3,4)5/h7-15,17,27H,28H2,1-6H3,(H,29,31). The highest BCUT2D eigenvalue weighted by molar-refractivity contribution is 6.02. The number of amides is 1. The fourth-order valence-electron chi connectivity index (χ4n) is 3.36. The van der Waals surface area contributed by atoms with Crippen molar-refractivity contribution in [2.75, 3.05) is 17.3 Å².